The first-order valence-electron chi connectivity index (χ1n) is 10.2. The lowest BCUT2D eigenvalue weighted by molar-refractivity contribution is 0.102. The number of sulfone groups is 1. The summed E-state index contributed by atoms with van der Waals surface area (Å²) < 4.78 is 23.2. The van der Waals surface area contributed by atoms with Crippen LogP contribution in [0.4, 0.5) is 17.2 Å². The topological polar surface area (TPSA) is 108 Å². The lowest BCUT2D eigenvalue weighted by Crippen LogP contribution is -2.40. The molecule has 0 radical (unpaired) electrons. The number of aromatic nitrogens is 3. The summed E-state index contributed by atoms with van der Waals surface area (Å²) in [5.41, 5.74) is 2.86. The van der Waals surface area contributed by atoms with Crippen molar-refractivity contribution in [3.05, 3.63) is 72.4 Å². The van der Waals surface area contributed by atoms with Crippen molar-refractivity contribution in [2.75, 3.05) is 46.8 Å². The number of pyridine rings is 1. The first kappa shape index (κ1) is 21.7. The molecule has 3 aromatic rings. The van der Waals surface area contributed by atoms with E-state index in [9.17, 15) is 13.2 Å². The van der Waals surface area contributed by atoms with Crippen LogP contribution >= 0.6 is 0 Å². The van der Waals surface area contributed by atoms with Gasteiger partial charge < -0.3 is 15.1 Å². The van der Waals surface area contributed by atoms with Gasteiger partial charge in [-0.15, -0.1) is 0 Å². The normalized spacial score (nSPS) is 15.2. The van der Waals surface area contributed by atoms with Gasteiger partial charge in [-0.1, -0.05) is 6.07 Å². The summed E-state index contributed by atoms with van der Waals surface area (Å²) in [7, 11) is -1.03. The standard InChI is InChI=1S/C22H24N6O3S/c1-27(15-17-3-2-8-23-14-17)21-13-20(24-16-25-21)22(29)26-18-4-6-19(7-5-18)28-9-11-32(30,31)12-10-28/h2-8,13-14,16H,9-12,15H2,1H3,(H,26,29). The van der Waals surface area contributed by atoms with Crippen LogP contribution in [0.2, 0.25) is 0 Å². The molecule has 166 valence electrons. The van der Waals surface area contributed by atoms with Crippen molar-refractivity contribution in [3.8, 4) is 0 Å². The van der Waals surface area contributed by atoms with Crippen molar-refractivity contribution >= 4 is 32.9 Å². The zero-order valence-corrected chi connectivity index (χ0v) is 18.5. The fraction of sp³-hybridized carbons (Fsp3) is 0.273. The number of rotatable bonds is 6. The molecule has 3 heterocycles. The van der Waals surface area contributed by atoms with E-state index >= 15 is 0 Å². The highest BCUT2D eigenvalue weighted by atomic mass is 32.2. The van der Waals surface area contributed by atoms with E-state index < -0.39 is 9.84 Å². The third kappa shape index (κ3) is 5.38. The maximum absolute atomic E-state index is 12.7. The zero-order valence-electron chi connectivity index (χ0n) is 17.7. The van der Waals surface area contributed by atoms with Gasteiger partial charge in [0.05, 0.1) is 11.5 Å². The number of anilines is 3. The summed E-state index contributed by atoms with van der Waals surface area (Å²) in [4.78, 5) is 29.1. The van der Waals surface area contributed by atoms with Crippen LogP contribution in [0.15, 0.2) is 61.2 Å². The molecule has 1 amide bonds. The number of hydrogen-bond acceptors (Lipinski definition) is 8. The maximum atomic E-state index is 12.7. The molecule has 32 heavy (non-hydrogen) atoms. The first-order valence-corrected chi connectivity index (χ1v) is 12.0. The molecule has 1 fully saturated rings. The molecule has 0 spiro atoms. The summed E-state index contributed by atoms with van der Waals surface area (Å²) in [5.74, 6) is 0.623. The van der Waals surface area contributed by atoms with Gasteiger partial charge in [0.25, 0.3) is 5.91 Å². The SMILES string of the molecule is CN(Cc1cccnc1)c1cc(C(=O)Nc2ccc(N3CCS(=O)(=O)CC3)cc2)ncn1. The lowest BCUT2D eigenvalue weighted by Gasteiger charge is -2.28. The van der Waals surface area contributed by atoms with Gasteiger partial charge in [-0.2, -0.15) is 0 Å². The van der Waals surface area contributed by atoms with Gasteiger partial charge >= 0.3 is 0 Å². The van der Waals surface area contributed by atoms with Crippen molar-refractivity contribution in [3.63, 3.8) is 0 Å². The van der Waals surface area contributed by atoms with Crippen LogP contribution in [-0.2, 0) is 16.4 Å². The Morgan fingerprint density at radius 1 is 1.12 bits per heavy atom. The largest absolute Gasteiger partial charge is 0.369 e. The highest BCUT2D eigenvalue weighted by molar-refractivity contribution is 7.91. The molecule has 4 rings (SSSR count). The van der Waals surface area contributed by atoms with E-state index in [-0.39, 0.29) is 23.1 Å². The van der Waals surface area contributed by atoms with Gasteiger partial charge in [0.1, 0.15) is 17.8 Å². The van der Waals surface area contributed by atoms with Crippen LogP contribution in [0.5, 0.6) is 0 Å². The highest BCUT2D eigenvalue weighted by Crippen LogP contribution is 2.21. The molecular formula is C22H24N6O3S. The third-order valence-electron chi connectivity index (χ3n) is 5.25. The molecule has 2 aromatic heterocycles. The van der Waals surface area contributed by atoms with Crippen molar-refractivity contribution in [2.45, 2.75) is 6.54 Å². The van der Waals surface area contributed by atoms with E-state index in [0.717, 1.165) is 11.3 Å². The Morgan fingerprint density at radius 3 is 2.56 bits per heavy atom. The van der Waals surface area contributed by atoms with Gasteiger partial charge in [0.2, 0.25) is 0 Å². The Kier molecular flexibility index (Phi) is 6.31. The molecule has 1 aliphatic rings. The summed E-state index contributed by atoms with van der Waals surface area (Å²) in [6.07, 6.45) is 4.88. The molecule has 0 aliphatic carbocycles. The van der Waals surface area contributed by atoms with Crippen LogP contribution < -0.4 is 15.1 Å². The highest BCUT2D eigenvalue weighted by Gasteiger charge is 2.21. The monoisotopic (exact) mass is 452 g/mol. The molecular weight excluding hydrogens is 428 g/mol. The van der Waals surface area contributed by atoms with E-state index in [2.05, 4.69) is 20.3 Å². The second-order valence-corrected chi connectivity index (χ2v) is 9.92. The Bertz CT molecular complexity index is 1170. The Balaban J connectivity index is 1.39. The molecule has 0 atom stereocenters. The average molecular weight is 453 g/mol. The number of amides is 1. The third-order valence-corrected chi connectivity index (χ3v) is 6.86. The quantitative estimate of drug-likeness (QED) is 0.605. The van der Waals surface area contributed by atoms with Crippen LogP contribution in [0.1, 0.15) is 16.1 Å². The average Bonchev–Trinajstić information content (AvgIpc) is 2.80. The Hall–Kier alpha value is -3.53. The van der Waals surface area contributed by atoms with E-state index in [0.29, 0.717) is 31.1 Å². The van der Waals surface area contributed by atoms with Crippen molar-refractivity contribution < 1.29 is 13.2 Å². The molecule has 0 saturated carbocycles. The summed E-state index contributed by atoms with van der Waals surface area (Å²) in [6, 6.07) is 12.8. The van der Waals surface area contributed by atoms with Gasteiger partial charge in [-0.25, -0.2) is 18.4 Å². The number of carbonyl (C=O) groups is 1. The van der Waals surface area contributed by atoms with E-state index in [1.807, 2.05) is 41.1 Å². The molecule has 9 nitrogen and oxygen atoms in total. The molecule has 0 bridgehead atoms. The second-order valence-electron chi connectivity index (χ2n) is 7.62. The summed E-state index contributed by atoms with van der Waals surface area (Å²) in [5, 5.41) is 2.85. The van der Waals surface area contributed by atoms with Crippen LogP contribution in [-0.4, -0.2) is 60.9 Å². The van der Waals surface area contributed by atoms with Gasteiger partial charge in [-0.05, 0) is 35.9 Å². The first-order chi connectivity index (χ1) is 15.4. The van der Waals surface area contributed by atoms with Crippen molar-refractivity contribution in [1.29, 1.82) is 0 Å². The van der Waals surface area contributed by atoms with Crippen LogP contribution in [0.3, 0.4) is 0 Å². The molecule has 1 aromatic carbocycles. The molecule has 0 unspecified atom stereocenters. The van der Waals surface area contributed by atoms with Crippen molar-refractivity contribution in [2.24, 2.45) is 0 Å². The van der Waals surface area contributed by atoms with Gasteiger partial charge in [0.15, 0.2) is 9.84 Å². The molecule has 10 heteroatoms. The Labute approximate surface area is 187 Å². The Morgan fingerprint density at radius 2 is 1.88 bits per heavy atom. The summed E-state index contributed by atoms with van der Waals surface area (Å²) in [6.45, 7) is 1.56. The van der Waals surface area contributed by atoms with E-state index in [1.54, 1.807) is 30.6 Å². The zero-order chi connectivity index (χ0) is 22.6. The smallest absolute Gasteiger partial charge is 0.274 e. The lowest BCUT2D eigenvalue weighted by atomic mass is 10.2. The van der Waals surface area contributed by atoms with E-state index in [1.165, 1.54) is 6.33 Å². The second kappa shape index (κ2) is 9.31. The number of carbonyl (C=O) groups excluding carboxylic acids is 1. The van der Waals surface area contributed by atoms with Gasteiger partial charge in [0, 0.05) is 56.5 Å². The maximum Gasteiger partial charge on any atom is 0.274 e. The van der Waals surface area contributed by atoms with Crippen LogP contribution in [0, 0.1) is 0 Å². The minimum atomic E-state index is -2.92. The number of nitrogens with zero attached hydrogens (tertiary/aromatic N) is 5. The minimum Gasteiger partial charge on any atom is -0.369 e. The molecule has 1 N–H and O–H groups in total. The number of benzene rings is 1. The minimum absolute atomic E-state index is 0.163. The van der Waals surface area contributed by atoms with Gasteiger partial charge in [-0.3, -0.25) is 9.78 Å². The summed E-state index contributed by atoms with van der Waals surface area (Å²) >= 11 is 0. The molecule has 1 saturated heterocycles. The van der Waals surface area contributed by atoms with E-state index in [4.69, 9.17) is 0 Å². The molecule has 1 aliphatic heterocycles. The fourth-order valence-corrected chi connectivity index (χ4v) is 4.65. The van der Waals surface area contributed by atoms with Crippen LogP contribution in [0.25, 0.3) is 0 Å². The predicted octanol–water partition coefficient (Wildman–Crippen LogP) is 2.00. The van der Waals surface area contributed by atoms with Crippen molar-refractivity contribution in [1.82, 2.24) is 15.0 Å². The fourth-order valence-electron chi connectivity index (χ4n) is 3.45. The number of hydrogen-bond donors (Lipinski definition) is 1. The predicted molar refractivity (Wildman–Crippen MR) is 124 cm³/mol. The number of nitrogens with one attached hydrogen (secondary N) is 1.